The molecule has 1 aliphatic heterocycles. The summed E-state index contributed by atoms with van der Waals surface area (Å²) in [4.78, 5) is 25.7. The number of aromatic nitrogens is 4. The van der Waals surface area contributed by atoms with Crippen LogP contribution in [0.15, 0.2) is 78.0 Å². The summed E-state index contributed by atoms with van der Waals surface area (Å²) in [5.74, 6) is 1.06. The van der Waals surface area contributed by atoms with Crippen LogP contribution >= 0.6 is 0 Å². The quantitative estimate of drug-likeness (QED) is 0.502. The van der Waals surface area contributed by atoms with Gasteiger partial charge in [0.05, 0.1) is 12.2 Å². The molecule has 0 bridgehead atoms. The highest BCUT2D eigenvalue weighted by atomic mass is 16.1. The SMILES string of the molecule is O=c1ccc(-c2ccncc2)nn1CCN1CCN(c2nccc3ccccc23)CC1. The zero-order valence-corrected chi connectivity index (χ0v) is 17.3. The Morgan fingerprint density at radius 1 is 0.806 bits per heavy atom. The minimum Gasteiger partial charge on any atom is -0.354 e. The summed E-state index contributed by atoms with van der Waals surface area (Å²) >= 11 is 0. The summed E-state index contributed by atoms with van der Waals surface area (Å²) in [6.07, 6.45) is 5.35. The average Bonchev–Trinajstić information content (AvgIpc) is 2.84. The fourth-order valence-electron chi connectivity index (χ4n) is 4.06. The number of hydrogen-bond acceptors (Lipinski definition) is 6. The Hall–Kier alpha value is -3.58. The zero-order chi connectivity index (χ0) is 21.0. The molecule has 31 heavy (non-hydrogen) atoms. The first-order chi connectivity index (χ1) is 15.3. The van der Waals surface area contributed by atoms with E-state index in [4.69, 9.17) is 0 Å². The molecule has 7 heteroatoms. The van der Waals surface area contributed by atoms with Gasteiger partial charge in [-0.2, -0.15) is 5.10 Å². The van der Waals surface area contributed by atoms with Gasteiger partial charge in [-0.3, -0.25) is 14.7 Å². The topological polar surface area (TPSA) is 67.2 Å². The van der Waals surface area contributed by atoms with Crippen LogP contribution in [-0.4, -0.2) is 57.4 Å². The maximum Gasteiger partial charge on any atom is 0.266 e. The molecule has 0 spiro atoms. The van der Waals surface area contributed by atoms with Gasteiger partial charge in [-0.15, -0.1) is 0 Å². The lowest BCUT2D eigenvalue weighted by molar-refractivity contribution is 0.242. The molecule has 3 aromatic heterocycles. The number of hydrogen-bond donors (Lipinski definition) is 0. The van der Waals surface area contributed by atoms with E-state index >= 15 is 0 Å². The van der Waals surface area contributed by atoms with Crippen LogP contribution in [0.25, 0.3) is 22.0 Å². The van der Waals surface area contributed by atoms with E-state index in [2.05, 4.69) is 55.2 Å². The van der Waals surface area contributed by atoms with Gasteiger partial charge >= 0.3 is 0 Å². The van der Waals surface area contributed by atoms with Crippen molar-refractivity contribution >= 4 is 16.6 Å². The number of rotatable bonds is 5. The standard InChI is InChI=1S/C24H24N6O/c31-23-6-5-22(20-7-10-25-11-8-20)27-30(23)18-15-28-13-16-29(17-14-28)24-21-4-2-1-3-19(21)9-12-26-24/h1-12H,13-18H2. The van der Waals surface area contributed by atoms with Crippen LogP contribution in [0.4, 0.5) is 5.82 Å². The fourth-order valence-corrected chi connectivity index (χ4v) is 4.06. The van der Waals surface area contributed by atoms with E-state index < -0.39 is 0 Å². The van der Waals surface area contributed by atoms with Gasteiger partial charge in [0.1, 0.15) is 5.82 Å². The van der Waals surface area contributed by atoms with Gasteiger partial charge in [-0.05, 0) is 29.7 Å². The van der Waals surface area contributed by atoms with Gasteiger partial charge in [0.15, 0.2) is 0 Å². The molecular formula is C24H24N6O. The van der Waals surface area contributed by atoms with Crippen LogP contribution < -0.4 is 10.5 Å². The molecule has 1 aliphatic rings. The monoisotopic (exact) mass is 412 g/mol. The molecule has 0 atom stereocenters. The highest BCUT2D eigenvalue weighted by molar-refractivity contribution is 5.92. The van der Waals surface area contributed by atoms with Crippen molar-refractivity contribution in [3.63, 3.8) is 0 Å². The minimum atomic E-state index is -0.0728. The molecule has 4 aromatic rings. The van der Waals surface area contributed by atoms with Crippen molar-refractivity contribution < 1.29 is 0 Å². The Labute approximate surface area is 180 Å². The average molecular weight is 412 g/mol. The highest BCUT2D eigenvalue weighted by Crippen LogP contribution is 2.24. The van der Waals surface area contributed by atoms with Crippen LogP contribution in [-0.2, 0) is 6.54 Å². The molecule has 1 fully saturated rings. The number of fused-ring (bicyclic) bond motifs is 1. The van der Waals surface area contributed by atoms with E-state index in [0.717, 1.165) is 49.8 Å². The Morgan fingerprint density at radius 3 is 2.45 bits per heavy atom. The second kappa shape index (κ2) is 8.65. The lowest BCUT2D eigenvalue weighted by atomic mass is 10.1. The van der Waals surface area contributed by atoms with Gasteiger partial charge in [-0.25, -0.2) is 9.67 Å². The molecule has 7 nitrogen and oxygen atoms in total. The van der Waals surface area contributed by atoms with Crippen LogP contribution in [0.3, 0.4) is 0 Å². The van der Waals surface area contributed by atoms with Crippen molar-refractivity contribution in [3.8, 4) is 11.3 Å². The summed E-state index contributed by atoms with van der Waals surface area (Å²) < 4.78 is 1.56. The molecule has 4 heterocycles. The van der Waals surface area contributed by atoms with Crippen molar-refractivity contribution in [2.45, 2.75) is 6.54 Å². The first-order valence-electron chi connectivity index (χ1n) is 10.6. The number of nitrogens with zero attached hydrogens (tertiary/aromatic N) is 6. The molecule has 0 amide bonds. The van der Waals surface area contributed by atoms with Crippen molar-refractivity contribution in [1.82, 2.24) is 24.6 Å². The predicted molar refractivity (Wildman–Crippen MR) is 122 cm³/mol. The molecule has 1 aromatic carbocycles. The fraction of sp³-hybridized carbons (Fsp3) is 0.250. The van der Waals surface area contributed by atoms with Gasteiger partial charge in [0.2, 0.25) is 0 Å². The third-order valence-electron chi connectivity index (χ3n) is 5.80. The number of pyridine rings is 2. The van der Waals surface area contributed by atoms with Gasteiger partial charge < -0.3 is 4.90 Å². The lowest BCUT2D eigenvalue weighted by Gasteiger charge is -2.35. The minimum absolute atomic E-state index is 0.0728. The van der Waals surface area contributed by atoms with Gasteiger partial charge in [0, 0.05) is 68.3 Å². The van der Waals surface area contributed by atoms with Crippen LogP contribution in [0.2, 0.25) is 0 Å². The lowest BCUT2D eigenvalue weighted by Crippen LogP contribution is -2.48. The van der Waals surface area contributed by atoms with Crippen molar-refractivity contribution in [1.29, 1.82) is 0 Å². The van der Waals surface area contributed by atoms with Crippen LogP contribution in [0.5, 0.6) is 0 Å². The smallest absolute Gasteiger partial charge is 0.266 e. The number of benzene rings is 1. The maximum atomic E-state index is 12.3. The molecule has 0 unspecified atom stereocenters. The normalized spacial score (nSPS) is 14.8. The summed E-state index contributed by atoms with van der Waals surface area (Å²) in [5, 5.41) is 6.97. The Kier molecular flexibility index (Phi) is 5.41. The summed E-state index contributed by atoms with van der Waals surface area (Å²) in [7, 11) is 0. The molecule has 5 rings (SSSR count). The van der Waals surface area contributed by atoms with E-state index in [1.807, 2.05) is 18.3 Å². The second-order valence-corrected chi connectivity index (χ2v) is 7.70. The Balaban J connectivity index is 1.23. The van der Waals surface area contributed by atoms with E-state index in [-0.39, 0.29) is 5.56 Å². The highest BCUT2D eigenvalue weighted by Gasteiger charge is 2.19. The Morgan fingerprint density at radius 2 is 1.61 bits per heavy atom. The van der Waals surface area contributed by atoms with E-state index in [9.17, 15) is 4.79 Å². The predicted octanol–water partition coefficient (Wildman–Crippen LogP) is 2.68. The molecule has 0 aliphatic carbocycles. The molecule has 1 saturated heterocycles. The van der Waals surface area contributed by atoms with Crippen molar-refractivity contribution in [2.24, 2.45) is 0 Å². The number of anilines is 1. The molecule has 0 radical (unpaired) electrons. The van der Waals surface area contributed by atoms with Gasteiger partial charge in [0.25, 0.3) is 5.56 Å². The first-order valence-corrected chi connectivity index (χ1v) is 10.6. The van der Waals surface area contributed by atoms with Crippen molar-refractivity contribution in [2.75, 3.05) is 37.6 Å². The largest absolute Gasteiger partial charge is 0.354 e. The third-order valence-corrected chi connectivity index (χ3v) is 5.80. The van der Waals surface area contributed by atoms with Crippen LogP contribution in [0.1, 0.15) is 0 Å². The zero-order valence-electron chi connectivity index (χ0n) is 17.3. The van der Waals surface area contributed by atoms with E-state index in [1.54, 1.807) is 29.2 Å². The van der Waals surface area contributed by atoms with E-state index in [1.165, 1.54) is 10.8 Å². The molecule has 0 saturated carbocycles. The molecular weight excluding hydrogens is 388 g/mol. The van der Waals surface area contributed by atoms with E-state index in [0.29, 0.717) is 6.54 Å². The summed E-state index contributed by atoms with van der Waals surface area (Å²) in [5.41, 5.74) is 1.67. The summed E-state index contributed by atoms with van der Waals surface area (Å²) in [6.45, 7) is 5.07. The summed E-state index contributed by atoms with van der Waals surface area (Å²) in [6, 6.07) is 17.6. The van der Waals surface area contributed by atoms with Crippen molar-refractivity contribution in [3.05, 3.63) is 83.5 Å². The van der Waals surface area contributed by atoms with Crippen LogP contribution in [0, 0.1) is 0 Å². The molecule has 0 N–H and O–H groups in total. The second-order valence-electron chi connectivity index (χ2n) is 7.70. The first kappa shape index (κ1) is 19.4. The Bertz CT molecular complexity index is 1230. The number of piperazine rings is 1. The molecule has 156 valence electrons. The van der Waals surface area contributed by atoms with Gasteiger partial charge in [-0.1, -0.05) is 24.3 Å². The third kappa shape index (κ3) is 4.18. The maximum absolute atomic E-state index is 12.3.